The summed E-state index contributed by atoms with van der Waals surface area (Å²) in [4.78, 5) is 34.2. The normalized spacial score (nSPS) is 28.0. The molecule has 1 saturated carbocycles. The van der Waals surface area contributed by atoms with Crippen LogP contribution < -0.4 is 20.3 Å². The van der Waals surface area contributed by atoms with Crippen LogP contribution in [0.3, 0.4) is 0 Å². The summed E-state index contributed by atoms with van der Waals surface area (Å²) in [5, 5.41) is 6.26. The molecule has 5 heterocycles. The number of alkyl halides is 3. The molecular weight excluding hydrogens is 592 g/mol. The van der Waals surface area contributed by atoms with E-state index < -0.39 is 34.9 Å². The average molecular weight is 621 g/mol. The molecule has 4 bridgehead atoms. The van der Waals surface area contributed by atoms with Crippen molar-refractivity contribution in [3.05, 3.63) is 47.3 Å². The molecule has 2 N–H and O–H groups in total. The number of aromatic nitrogens is 1. The largest absolute Gasteiger partial charge is 0.496 e. The van der Waals surface area contributed by atoms with E-state index in [4.69, 9.17) is 19.2 Å². The fourth-order valence-corrected chi connectivity index (χ4v) is 7.89. The van der Waals surface area contributed by atoms with Gasteiger partial charge in [0.1, 0.15) is 17.1 Å². The summed E-state index contributed by atoms with van der Waals surface area (Å²) in [5.74, 6) is -1.69. The zero-order chi connectivity index (χ0) is 30.1. The van der Waals surface area contributed by atoms with Crippen LogP contribution >= 0.6 is 11.3 Å². The van der Waals surface area contributed by atoms with Gasteiger partial charge in [-0.1, -0.05) is 11.3 Å². The molecule has 0 radical (unpaired) electrons. The highest BCUT2D eigenvalue weighted by atomic mass is 32.1. The fraction of sp³-hybridized carbons (Fsp3) is 0.483. The van der Waals surface area contributed by atoms with E-state index in [0.29, 0.717) is 23.4 Å². The number of carbonyl (C=O) groups excluding carboxylic acids is 2. The van der Waals surface area contributed by atoms with Gasteiger partial charge in [-0.2, -0.15) is 13.2 Å². The predicted molar refractivity (Wildman–Crippen MR) is 149 cm³/mol. The Balaban J connectivity index is 1.15. The number of benzene rings is 2. The Labute approximate surface area is 247 Å². The SMILES string of the molecule is COc1ccc2nc(N3C4COCC3C4)sc2c1C(=O)Nc1cc(F)ccc1C(=O)NC12CCC(C(F)(F)F)(CC1)OC2. The first kappa shape index (κ1) is 28.3. The van der Waals surface area contributed by atoms with Crippen LogP contribution in [0, 0.1) is 5.82 Å². The average Bonchev–Trinajstić information content (AvgIpc) is 3.40. The first-order valence-corrected chi connectivity index (χ1v) is 14.8. The molecule has 4 saturated heterocycles. The van der Waals surface area contributed by atoms with Crippen molar-refractivity contribution in [1.29, 1.82) is 0 Å². The van der Waals surface area contributed by atoms with Crippen molar-refractivity contribution in [2.75, 3.05) is 37.1 Å². The number of nitrogens with one attached hydrogen (secondary N) is 2. The van der Waals surface area contributed by atoms with Crippen molar-refractivity contribution in [1.82, 2.24) is 10.3 Å². The molecule has 8 rings (SSSR count). The molecule has 4 aliphatic heterocycles. The van der Waals surface area contributed by atoms with Crippen LogP contribution in [0.4, 0.5) is 28.4 Å². The van der Waals surface area contributed by atoms with Crippen LogP contribution in [0.2, 0.25) is 0 Å². The van der Waals surface area contributed by atoms with Crippen LogP contribution in [-0.4, -0.2) is 73.1 Å². The number of methoxy groups -OCH3 is 1. The number of halogens is 4. The standard InChI is InChI=1S/C29H28F4N4O5S/c1-40-21-5-4-19-23(43-26(35-19)37-16-11-17(37)13-41-12-16)22(21)25(39)34-20-10-15(30)2-3-18(20)24(38)36-27-6-8-28(9-7-27,42-14-27)29(31,32)33/h2-5,10,16-17H,6-9,11-14H2,1H3,(H,34,39)(H,36,38). The highest BCUT2D eigenvalue weighted by Gasteiger charge is 2.63. The lowest BCUT2D eigenvalue weighted by molar-refractivity contribution is -0.317. The van der Waals surface area contributed by atoms with Crippen molar-refractivity contribution >= 4 is 44.2 Å². The van der Waals surface area contributed by atoms with Gasteiger partial charge in [0.05, 0.1) is 66.0 Å². The van der Waals surface area contributed by atoms with E-state index in [1.165, 1.54) is 24.5 Å². The number of morpholine rings is 1. The summed E-state index contributed by atoms with van der Waals surface area (Å²) in [6, 6.07) is 7.21. The summed E-state index contributed by atoms with van der Waals surface area (Å²) in [7, 11) is 1.43. The van der Waals surface area contributed by atoms with Crippen LogP contribution in [0.1, 0.15) is 52.8 Å². The molecule has 2 amide bonds. The minimum atomic E-state index is -4.50. The van der Waals surface area contributed by atoms with E-state index in [0.717, 1.165) is 23.7 Å². The molecule has 3 aromatic rings. The Bertz CT molecular complexity index is 1590. The quantitative estimate of drug-likeness (QED) is 0.372. The van der Waals surface area contributed by atoms with Gasteiger partial charge < -0.3 is 29.7 Å². The van der Waals surface area contributed by atoms with Gasteiger partial charge in [0.2, 0.25) is 0 Å². The predicted octanol–water partition coefficient (Wildman–Crippen LogP) is 5.05. The lowest BCUT2D eigenvalue weighted by Crippen LogP contribution is -2.66. The Morgan fingerprint density at radius 1 is 1.09 bits per heavy atom. The number of hydrogen-bond donors (Lipinski definition) is 2. The number of hydrogen-bond acceptors (Lipinski definition) is 8. The zero-order valence-electron chi connectivity index (χ0n) is 23.1. The zero-order valence-corrected chi connectivity index (χ0v) is 23.9. The summed E-state index contributed by atoms with van der Waals surface area (Å²) in [6.07, 6.45) is -3.85. The van der Waals surface area contributed by atoms with Gasteiger partial charge in [-0.15, -0.1) is 0 Å². The third-order valence-electron chi connectivity index (χ3n) is 9.14. The van der Waals surface area contributed by atoms with Crippen molar-refractivity contribution < 1.29 is 41.4 Å². The topological polar surface area (TPSA) is 102 Å². The lowest BCUT2D eigenvalue weighted by Gasteiger charge is -2.53. The molecular formula is C29H28F4N4O5S. The van der Waals surface area contributed by atoms with Gasteiger partial charge >= 0.3 is 6.18 Å². The molecule has 2 aromatic carbocycles. The lowest BCUT2D eigenvalue weighted by atomic mass is 9.70. The van der Waals surface area contributed by atoms with Crippen molar-refractivity contribution in [3.63, 3.8) is 0 Å². The number of nitrogens with zero attached hydrogens (tertiary/aromatic N) is 2. The Kier molecular flexibility index (Phi) is 6.60. The number of rotatable bonds is 6. The number of carbonyl (C=O) groups is 2. The number of amides is 2. The van der Waals surface area contributed by atoms with Gasteiger partial charge in [0, 0.05) is 0 Å². The highest BCUT2D eigenvalue weighted by Crippen LogP contribution is 2.51. The maximum Gasteiger partial charge on any atom is 0.417 e. The first-order chi connectivity index (χ1) is 20.5. The maximum absolute atomic E-state index is 14.4. The van der Waals surface area contributed by atoms with E-state index in [9.17, 15) is 27.2 Å². The van der Waals surface area contributed by atoms with Crippen LogP contribution in [-0.2, 0) is 9.47 Å². The van der Waals surface area contributed by atoms with E-state index in [-0.39, 0.29) is 66.9 Å². The maximum atomic E-state index is 14.4. The third-order valence-corrected chi connectivity index (χ3v) is 10.2. The molecule has 1 aliphatic carbocycles. The first-order valence-electron chi connectivity index (χ1n) is 14.0. The minimum Gasteiger partial charge on any atom is -0.496 e. The molecule has 0 spiro atoms. The monoisotopic (exact) mass is 620 g/mol. The second-order valence-electron chi connectivity index (χ2n) is 11.6. The number of anilines is 2. The number of fused-ring (bicyclic) bond motifs is 6. The molecule has 228 valence electrons. The smallest absolute Gasteiger partial charge is 0.417 e. The Hall–Kier alpha value is -3.49. The fourth-order valence-electron chi connectivity index (χ4n) is 6.64. The summed E-state index contributed by atoms with van der Waals surface area (Å²) in [5.41, 5.74) is -2.52. The van der Waals surface area contributed by atoms with Gasteiger partial charge in [0.25, 0.3) is 11.8 Å². The molecule has 1 aromatic heterocycles. The summed E-state index contributed by atoms with van der Waals surface area (Å²) in [6.45, 7) is 0.938. The molecule has 9 nitrogen and oxygen atoms in total. The van der Waals surface area contributed by atoms with E-state index in [2.05, 4.69) is 15.5 Å². The van der Waals surface area contributed by atoms with Crippen LogP contribution in [0.15, 0.2) is 30.3 Å². The molecule has 14 heteroatoms. The van der Waals surface area contributed by atoms with Gasteiger partial charge in [0.15, 0.2) is 10.7 Å². The van der Waals surface area contributed by atoms with Crippen molar-refractivity contribution in [2.45, 2.75) is 61.5 Å². The second-order valence-corrected chi connectivity index (χ2v) is 12.6. The molecule has 2 atom stereocenters. The van der Waals surface area contributed by atoms with E-state index in [1.54, 1.807) is 12.1 Å². The third kappa shape index (κ3) is 4.61. The van der Waals surface area contributed by atoms with Crippen LogP contribution in [0.5, 0.6) is 5.75 Å². The Morgan fingerprint density at radius 2 is 1.84 bits per heavy atom. The van der Waals surface area contributed by atoms with Crippen molar-refractivity contribution in [2.24, 2.45) is 0 Å². The van der Waals surface area contributed by atoms with Crippen LogP contribution in [0.25, 0.3) is 10.2 Å². The van der Waals surface area contributed by atoms with Gasteiger partial charge in [-0.3, -0.25) is 9.59 Å². The molecule has 5 fully saturated rings. The van der Waals surface area contributed by atoms with Crippen molar-refractivity contribution in [3.8, 4) is 5.75 Å². The van der Waals surface area contributed by atoms with E-state index >= 15 is 0 Å². The highest BCUT2D eigenvalue weighted by molar-refractivity contribution is 7.22. The minimum absolute atomic E-state index is 0.0353. The molecule has 5 aliphatic rings. The number of thiazole rings is 1. The second kappa shape index (κ2) is 10.0. The van der Waals surface area contributed by atoms with Gasteiger partial charge in [-0.05, 0) is 62.4 Å². The Morgan fingerprint density at radius 3 is 2.47 bits per heavy atom. The summed E-state index contributed by atoms with van der Waals surface area (Å²) < 4.78 is 72.1. The molecule has 43 heavy (non-hydrogen) atoms. The number of ether oxygens (including phenoxy) is 3. The summed E-state index contributed by atoms with van der Waals surface area (Å²) >= 11 is 1.35. The van der Waals surface area contributed by atoms with E-state index in [1.807, 2.05) is 0 Å². The van der Waals surface area contributed by atoms with Gasteiger partial charge in [-0.25, -0.2) is 9.37 Å². The molecule has 2 unspecified atom stereocenters.